The van der Waals surface area contributed by atoms with Crippen molar-refractivity contribution in [1.82, 2.24) is 30.4 Å². The van der Waals surface area contributed by atoms with Crippen LogP contribution in [-0.4, -0.2) is 88.7 Å². The maximum absolute atomic E-state index is 13.1. The highest BCUT2D eigenvalue weighted by Crippen LogP contribution is 2.47. The van der Waals surface area contributed by atoms with Gasteiger partial charge in [-0.05, 0) is 22.9 Å². The number of fused-ring (bicyclic) bond motifs is 1. The number of thioether (sulfide) groups is 3. The SMILES string of the molecule is C#CCSC(C)C(=O)N[C@]1(OC)C(=O)N2C(C(=O)O)=C(CSc3nnnn3C)CS[C@H]21. The second-order valence-corrected chi connectivity index (χ2v) is 9.90. The van der Waals surface area contributed by atoms with Crippen LogP contribution in [0.25, 0.3) is 0 Å². The largest absolute Gasteiger partial charge is 0.477 e. The van der Waals surface area contributed by atoms with E-state index in [1.165, 1.54) is 52.0 Å². The number of hydrogen-bond acceptors (Lipinski definition) is 10. The van der Waals surface area contributed by atoms with E-state index in [0.717, 1.165) is 0 Å². The molecule has 31 heavy (non-hydrogen) atoms. The van der Waals surface area contributed by atoms with Gasteiger partial charge in [-0.3, -0.25) is 14.5 Å². The van der Waals surface area contributed by atoms with Crippen molar-refractivity contribution in [3.8, 4) is 12.3 Å². The molecule has 3 atom stereocenters. The number of β-lactam (4-membered cyclic amide) rings is 1. The lowest BCUT2D eigenvalue weighted by atomic mass is 9.98. The van der Waals surface area contributed by atoms with Gasteiger partial charge in [0.2, 0.25) is 11.1 Å². The van der Waals surface area contributed by atoms with Crippen molar-refractivity contribution < 1.29 is 24.2 Å². The molecule has 1 aromatic heterocycles. The molecule has 0 saturated carbocycles. The van der Waals surface area contributed by atoms with Crippen LogP contribution in [0.15, 0.2) is 16.4 Å². The van der Waals surface area contributed by atoms with Crippen LogP contribution in [0.2, 0.25) is 0 Å². The van der Waals surface area contributed by atoms with Gasteiger partial charge in [-0.15, -0.1) is 35.0 Å². The van der Waals surface area contributed by atoms with E-state index < -0.39 is 34.1 Å². The van der Waals surface area contributed by atoms with E-state index in [0.29, 0.717) is 28.0 Å². The fraction of sp³-hybridized carbons (Fsp3) is 0.529. The van der Waals surface area contributed by atoms with Crippen molar-refractivity contribution in [3.63, 3.8) is 0 Å². The van der Waals surface area contributed by atoms with Crippen LogP contribution in [-0.2, 0) is 26.2 Å². The minimum Gasteiger partial charge on any atom is -0.477 e. The van der Waals surface area contributed by atoms with Crippen LogP contribution in [0.4, 0.5) is 0 Å². The van der Waals surface area contributed by atoms with Crippen molar-refractivity contribution in [2.75, 3.05) is 24.4 Å². The number of methoxy groups -OCH3 is 1. The van der Waals surface area contributed by atoms with E-state index >= 15 is 0 Å². The number of carbonyl (C=O) groups excluding carboxylic acids is 2. The van der Waals surface area contributed by atoms with Crippen molar-refractivity contribution in [2.24, 2.45) is 7.05 Å². The zero-order valence-corrected chi connectivity index (χ0v) is 19.3. The topological polar surface area (TPSA) is 140 Å². The fourth-order valence-electron chi connectivity index (χ4n) is 3.08. The summed E-state index contributed by atoms with van der Waals surface area (Å²) in [7, 11) is 2.99. The van der Waals surface area contributed by atoms with Gasteiger partial charge < -0.3 is 15.2 Å². The molecule has 3 rings (SSSR count). The van der Waals surface area contributed by atoms with Gasteiger partial charge in [-0.1, -0.05) is 17.7 Å². The van der Waals surface area contributed by atoms with Crippen LogP contribution in [0.5, 0.6) is 0 Å². The van der Waals surface area contributed by atoms with E-state index in [-0.39, 0.29) is 5.70 Å². The summed E-state index contributed by atoms with van der Waals surface area (Å²) in [6, 6.07) is 0. The Hall–Kier alpha value is -2.21. The molecule has 11 nitrogen and oxygen atoms in total. The molecule has 2 amide bonds. The molecule has 0 bridgehead atoms. The van der Waals surface area contributed by atoms with Gasteiger partial charge in [-0.25, -0.2) is 9.48 Å². The minimum atomic E-state index is -1.63. The Balaban J connectivity index is 1.80. The number of rotatable bonds is 9. The summed E-state index contributed by atoms with van der Waals surface area (Å²) in [5.74, 6) is 1.17. The molecule has 2 aliphatic rings. The molecule has 2 N–H and O–H groups in total. The Kier molecular flexibility index (Phi) is 7.20. The molecule has 1 fully saturated rings. The summed E-state index contributed by atoms with van der Waals surface area (Å²) >= 11 is 3.85. The number of nitrogens with one attached hydrogen (secondary N) is 1. The molecule has 3 heterocycles. The molecule has 166 valence electrons. The number of aromatic nitrogens is 4. The van der Waals surface area contributed by atoms with Gasteiger partial charge in [0.05, 0.1) is 11.0 Å². The van der Waals surface area contributed by atoms with E-state index in [1.54, 1.807) is 14.0 Å². The summed E-state index contributed by atoms with van der Waals surface area (Å²) in [5, 5.41) is 22.9. The summed E-state index contributed by atoms with van der Waals surface area (Å²) in [6.45, 7) is 1.68. The number of aliphatic carboxylic acids is 1. The number of tetrazole rings is 1. The molecular formula is C17H20N6O5S3. The second kappa shape index (κ2) is 9.51. The quantitative estimate of drug-likeness (QED) is 0.208. The van der Waals surface area contributed by atoms with Crippen LogP contribution >= 0.6 is 35.3 Å². The highest BCUT2D eigenvalue weighted by Gasteiger charge is 2.66. The number of amides is 2. The minimum absolute atomic E-state index is 0.104. The maximum Gasteiger partial charge on any atom is 0.352 e. The highest BCUT2D eigenvalue weighted by atomic mass is 32.2. The first kappa shape index (κ1) is 23.5. The summed E-state index contributed by atoms with van der Waals surface area (Å²) in [5.41, 5.74) is -1.17. The predicted octanol–water partition coefficient (Wildman–Crippen LogP) is -0.230. The number of carboxylic acids is 1. The van der Waals surface area contributed by atoms with E-state index in [1.807, 2.05) is 0 Å². The number of nitrogens with zero attached hydrogens (tertiary/aromatic N) is 5. The molecular weight excluding hydrogens is 464 g/mol. The Morgan fingerprint density at radius 1 is 1.55 bits per heavy atom. The third kappa shape index (κ3) is 4.27. The van der Waals surface area contributed by atoms with Crippen LogP contribution < -0.4 is 5.32 Å². The molecule has 2 aliphatic heterocycles. The van der Waals surface area contributed by atoms with Crippen molar-refractivity contribution in [1.29, 1.82) is 0 Å². The normalized spacial score (nSPS) is 23.6. The predicted molar refractivity (Wildman–Crippen MR) is 116 cm³/mol. The molecule has 0 radical (unpaired) electrons. The lowest BCUT2D eigenvalue weighted by Crippen LogP contribution is -2.81. The Bertz CT molecular complexity index is 976. The summed E-state index contributed by atoms with van der Waals surface area (Å²) < 4.78 is 6.91. The zero-order valence-electron chi connectivity index (χ0n) is 16.9. The number of ether oxygens (including phenoxy) is 1. The van der Waals surface area contributed by atoms with Crippen molar-refractivity contribution >= 4 is 53.1 Å². The average Bonchev–Trinajstić information content (AvgIpc) is 3.17. The summed E-state index contributed by atoms with van der Waals surface area (Å²) in [4.78, 5) is 38.8. The van der Waals surface area contributed by atoms with Crippen LogP contribution in [0.1, 0.15) is 6.92 Å². The van der Waals surface area contributed by atoms with E-state index in [9.17, 15) is 19.5 Å². The van der Waals surface area contributed by atoms with Gasteiger partial charge in [0.1, 0.15) is 11.1 Å². The number of terminal acetylenes is 1. The van der Waals surface area contributed by atoms with Gasteiger partial charge in [0.25, 0.3) is 11.6 Å². The third-order valence-electron chi connectivity index (χ3n) is 4.69. The number of hydrogen-bond donors (Lipinski definition) is 2. The standard InChI is InChI=1S/C17H20N6O5S3/c1-5-6-29-9(2)12(24)18-17(28-4)14(27)23-11(13(25)26)10(7-30-15(17)23)8-31-16-19-20-21-22(16)3/h1,9,15H,6-8H2,2-4H3,(H,18,24)(H,25,26)/t9?,15-,17-/m0/s1. The molecule has 1 saturated heterocycles. The molecule has 14 heteroatoms. The average molecular weight is 485 g/mol. The molecule has 0 spiro atoms. The first-order valence-electron chi connectivity index (χ1n) is 8.94. The summed E-state index contributed by atoms with van der Waals surface area (Å²) in [6.07, 6.45) is 5.23. The second-order valence-electron chi connectivity index (χ2n) is 6.56. The molecule has 1 unspecified atom stereocenters. The lowest BCUT2D eigenvalue weighted by Gasteiger charge is -2.56. The first-order valence-corrected chi connectivity index (χ1v) is 12.0. The van der Waals surface area contributed by atoms with Gasteiger partial charge in [0, 0.05) is 25.7 Å². The maximum atomic E-state index is 13.1. The van der Waals surface area contributed by atoms with Crippen LogP contribution in [0.3, 0.4) is 0 Å². The smallest absolute Gasteiger partial charge is 0.352 e. The molecule has 0 aliphatic carbocycles. The number of aryl methyl sites for hydroxylation is 1. The fourth-order valence-corrected chi connectivity index (χ4v) is 6.07. The molecule has 1 aromatic rings. The molecule has 0 aromatic carbocycles. The number of carboxylic acid groups (broad SMARTS) is 1. The van der Waals surface area contributed by atoms with Crippen molar-refractivity contribution in [2.45, 2.75) is 28.4 Å². The van der Waals surface area contributed by atoms with Crippen molar-refractivity contribution in [3.05, 3.63) is 11.3 Å². The van der Waals surface area contributed by atoms with Gasteiger partial charge in [0.15, 0.2) is 0 Å². The third-order valence-corrected chi connectivity index (χ3v) is 8.20. The van der Waals surface area contributed by atoms with E-state index in [2.05, 4.69) is 26.8 Å². The van der Waals surface area contributed by atoms with Gasteiger partial charge in [-0.2, -0.15) is 0 Å². The highest BCUT2D eigenvalue weighted by molar-refractivity contribution is 8.01. The first-order chi connectivity index (χ1) is 14.8. The van der Waals surface area contributed by atoms with Crippen LogP contribution in [0, 0.1) is 12.3 Å². The Morgan fingerprint density at radius 3 is 2.87 bits per heavy atom. The Labute approximate surface area is 191 Å². The zero-order chi connectivity index (χ0) is 22.8. The number of carbonyl (C=O) groups is 3. The van der Waals surface area contributed by atoms with E-state index in [4.69, 9.17) is 11.2 Å². The lowest BCUT2D eigenvalue weighted by molar-refractivity contribution is -0.192. The monoisotopic (exact) mass is 484 g/mol. The van der Waals surface area contributed by atoms with Gasteiger partial charge >= 0.3 is 5.97 Å². The Morgan fingerprint density at radius 2 is 2.29 bits per heavy atom.